The first-order chi connectivity index (χ1) is 5.22. The van der Waals surface area contributed by atoms with Gasteiger partial charge in [-0.25, -0.2) is 0 Å². The van der Waals surface area contributed by atoms with Crippen molar-refractivity contribution in [3.63, 3.8) is 0 Å². The summed E-state index contributed by atoms with van der Waals surface area (Å²) < 4.78 is 0. The molecular formula is C9H13NO. The highest BCUT2D eigenvalue weighted by Gasteiger charge is 2.65. The van der Waals surface area contributed by atoms with E-state index in [1.165, 1.54) is 12.8 Å². The van der Waals surface area contributed by atoms with Gasteiger partial charge >= 0.3 is 0 Å². The predicted molar refractivity (Wildman–Crippen MR) is 40.6 cm³/mol. The van der Waals surface area contributed by atoms with Gasteiger partial charge in [-0.05, 0) is 43.4 Å². The maximum Gasteiger partial charge on any atom is 0.223 e. The fourth-order valence-corrected chi connectivity index (χ4v) is 3.92. The predicted octanol–water partition coefficient (Wildman–Crippen LogP) is 0.908. The van der Waals surface area contributed by atoms with Gasteiger partial charge in [-0.2, -0.15) is 0 Å². The lowest BCUT2D eigenvalue weighted by Gasteiger charge is -2.24. The summed E-state index contributed by atoms with van der Waals surface area (Å²) in [6.45, 7) is 0. The molecule has 2 nitrogen and oxygen atoms in total. The highest BCUT2D eigenvalue weighted by atomic mass is 16.1. The molecule has 4 aliphatic rings. The average Bonchev–Trinajstić information content (AvgIpc) is 2.50. The summed E-state index contributed by atoms with van der Waals surface area (Å²) in [5.41, 5.74) is 5.43. The number of rotatable bonds is 1. The van der Waals surface area contributed by atoms with E-state index in [4.69, 9.17) is 5.73 Å². The van der Waals surface area contributed by atoms with Crippen molar-refractivity contribution in [3.05, 3.63) is 0 Å². The molecule has 2 atom stereocenters. The smallest absolute Gasteiger partial charge is 0.223 e. The van der Waals surface area contributed by atoms with E-state index in [1.54, 1.807) is 0 Å². The topological polar surface area (TPSA) is 43.1 Å². The van der Waals surface area contributed by atoms with E-state index in [1.807, 2.05) is 0 Å². The Morgan fingerprint density at radius 2 is 1.82 bits per heavy atom. The van der Waals surface area contributed by atoms with Gasteiger partial charge in [0.2, 0.25) is 5.91 Å². The Morgan fingerprint density at radius 1 is 1.27 bits per heavy atom. The van der Waals surface area contributed by atoms with Crippen molar-refractivity contribution in [1.29, 1.82) is 0 Å². The minimum absolute atomic E-state index is 0.00926. The zero-order valence-corrected chi connectivity index (χ0v) is 6.55. The molecule has 2 unspecified atom stereocenters. The van der Waals surface area contributed by atoms with Gasteiger partial charge in [0.15, 0.2) is 0 Å². The molecule has 0 saturated heterocycles. The largest absolute Gasteiger partial charge is 0.369 e. The van der Waals surface area contributed by atoms with Crippen LogP contribution in [0.5, 0.6) is 0 Å². The van der Waals surface area contributed by atoms with Crippen LogP contribution in [0.2, 0.25) is 0 Å². The Balaban J connectivity index is 2.08. The second-order valence-electron chi connectivity index (χ2n) is 4.62. The van der Waals surface area contributed by atoms with Gasteiger partial charge in [0.1, 0.15) is 0 Å². The van der Waals surface area contributed by atoms with E-state index in [9.17, 15) is 4.79 Å². The number of carbonyl (C=O) groups excluding carboxylic acids is 1. The van der Waals surface area contributed by atoms with Crippen LogP contribution in [0.3, 0.4) is 0 Å². The van der Waals surface area contributed by atoms with Crippen LogP contribution in [-0.4, -0.2) is 5.91 Å². The highest BCUT2D eigenvalue weighted by Crippen LogP contribution is 2.69. The van der Waals surface area contributed by atoms with E-state index in [0.717, 1.165) is 24.7 Å². The van der Waals surface area contributed by atoms with Gasteiger partial charge in [0.05, 0.1) is 5.41 Å². The van der Waals surface area contributed by atoms with Crippen molar-refractivity contribution >= 4 is 5.91 Å². The Kier molecular flexibility index (Phi) is 0.809. The summed E-state index contributed by atoms with van der Waals surface area (Å²) in [7, 11) is 0. The van der Waals surface area contributed by atoms with E-state index >= 15 is 0 Å². The molecule has 2 heteroatoms. The van der Waals surface area contributed by atoms with Gasteiger partial charge in [0.25, 0.3) is 0 Å². The maximum absolute atomic E-state index is 11.2. The van der Waals surface area contributed by atoms with Crippen molar-refractivity contribution in [3.8, 4) is 0 Å². The molecule has 0 aromatic carbocycles. The van der Waals surface area contributed by atoms with Crippen molar-refractivity contribution in [2.24, 2.45) is 28.9 Å². The Morgan fingerprint density at radius 3 is 2.00 bits per heavy atom. The van der Waals surface area contributed by atoms with Crippen LogP contribution in [0.1, 0.15) is 25.7 Å². The number of amides is 1. The molecule has 4 saturated carbocycles. The Bertz CT molecular complexity index is 222. The molecule has 2 N–H and O–H groups in total. The molecule has 1 amide bonds. The summed E-state index contributed by atoms with van der Waals surface area (Å²) in [5.74, 6) is 2.40. The molecule has 0 aliphatic heterocycles. The molecule has 0 radical (unpaired) electrons. The molecular weight excluding hydrogens is 138 g/mol. The van der Waals surface area contributed by atoms with Crippen LogP contribution in [0.25, 0.3) is 0 Å². The first kappa shape index (κ1) is 6.04. The molecule has 0 aromatic heterocycles. The minimum Gasteiger partial charge on any atom is -0.369 e. The van der Waals surface area contributed by atoms with Gasteiger partial charge in [-0.1, -0.05) is 0 Å². The summed E-state index contributed by atoms with van der Waals surface area (Å²) in [6.07, 6.45) is 4.84. The Labute approximate surface area is 66.1 Å². The van der Waals surface area contributed by atoms with E-state index in [2.05, 4.69) is 0 Å². The van der Waals surface area contributed by atoms with Gasteiger partial charge in [0, 0.05) is 0 Å². The third-order valence-electron chi connectivity index (χ3n) is 4.37. The molecule has 0 spiro atoms. The maximum atomic E-state index is 11.2. The van der Waals surface area contributed by atoms with Crippen molar-refractivity contribution < 1.29 is 4.79 Å². The second-order valence-corrected chi connectivity index (χ2v) is 4.62. The monoisotopic (exact) mass is 151 g/mol. The Hall–Kier alpha value is -0.530. The van der Waals surface area contributed by atoms with Crippen LogP contribution in [-0.2, 0) is 4.79 Å². The number of hydrogen-bond acceptors (Lipinski definition) is 1. The zero-order chi connectivity index (χ0) is 7.64. The lowest BCUT2D eigenvalue weighted by Crippen LogP contribution is -2.36. The summed E-state index contributed by atoms with van der Waals surface area (Å²) >= 11 is 0. The quantitative estimate of drug-likeness (QED) is 0.594. The van der Waals surface area contributed by atoms with Crippen molar-refractivity contribution in [1.82, 2.24) is 0 Å². The third-order valence-corrected chi connectivity index (χ3v) is 4.37. The van der Waals surface area contributed by atoms with Crippen LogP contribution in [0, 0.1) is 23.2 Å². The third kappa shape index (κ3) is 0.472. The molecule has 11 heavy (non-hydrogen) atoms. The van der Waals surface area contributed by atoms with Gasteiger partial charge in [-0.3, -0.25) is 4.79 Å². The molecule has 0 aromatic rings. The van der Waals surface area contributed by atoms with Gasteiger partial charge in [-0.15, -0.1) is 0 Å². The minimum atomic E-state index is -0.0185. The second kappa shape index (κ2) is 1.47. The number of primary amides is 1. The highest BCUT2D eigenvalue weighted by molar-refractivity contribution is 5.82. The fraction of sp³-hybridized carbons (Fsp3) is 0.889. The van der Waals surface area contributed by atoms with E-state index in [-0.39, 0.29) is 11.3 Å². The molecule has 4 bridgehead atoms. The standard InChI is InChI=1S/C9H13NO/c10-8(11)9-3-5-1-7(9)2-6(5)4-9/h5-7H,1-4H2,(H2,10,11). The first-order valence-corrected chi connectivity index (χ1v) is 4.52. The normalized spacial score (nSPS) is 57.6. The molecule has 0 heterocycles. The van der Waals surface area contributed by atoms with Crippen LogP contribution < -0.4 is 5.73 Å². The summed E-state index contributed by atoms with van der Waals surface area (Å²) in [5, 5.41) is 0. The number of carbonyl (C=O) groups is 1. The lowest BCUT2D eigenvalue weighted by atomic mass is 9.80. The van der Waals surface area contributed by atoms with Crippen molar-refractivity contribution in [2.75, 3.05) is 0 Å². The van der Waals surface area contributed by atoms with E-state index in [0.29, 0.717) is 5.92 Å². The number of nitrogens with two attached hydrogens (primary N) is 1. The molecule has 4 fully saturated rings. The van der Waals surface area contributed by atoms with E-state index < -0.39 is 0 Å². The van der Waals surface area contributed by atoms with Crippen LogP contribution in [0.4, 0.5) is 0 Å². The zero-order valence-electron chi connectivity index (χ0n) is 6.55. The SMILES string of the molecule is NC(=O)C12CC3CC1CC3C2. The van der Waals surface area contributed by atoms with Gasteiger partial charge < -0.3 is 5.73 Å². The fourth-order valence-electron chi connectivity index (χ4n) is 3.92. The van der Waals surface area contributed by atoms with Crippen LogP contribution in [0.15, 0.2) is 0 Å². The first-order valence-electron chi connectivity index (χ1n) is 4.52. The summed E-state index contributed by atoms with van der Waals surface area (Å²) in [4.78, 5) is 11.2. The molecule has 4 aliphatic carbocycles. The average molecular weight is 151 g/mol. The van der Waals surface area contributed by atoms with Crippen molar-refractivity contribution in [2.45, 2.75) is 25.7 Å². The molecule has 60 valence electrons. The lowest BCUT2D eigenvalue weighted by molar-refractivity contribution is -0.128. The van der Waals surface area contributed by atoms with Crippen LogP contribution >= 0.6 is 0 Å². The number of hydrogen-bond donors (Lipinski definition) is 1. The summed E-state index contributed by atoms with van der Waals surface area (Å²) in [6, 6.07) is 0. The molecule has 4 rings (SSSR count).